The number of hydrogen-bond donors (Lipinski definition) is 1. The fourth-order valence-corrected chi connectivity index (χ4v) is 4.59. The molecule has 3 aromatic rings. The molecule has 1 N–H and O–H groups in total. The van der Waals surface area contributed by atoms with Crippen molar-refractivity contribution in [1.29, 1.82) is 0 Å². The number of fused-ring (bicyclic) bond motifs is 1. The van der Waals surface area contributed by atoms with Crippen LogP contribution in [0.2, 0.25) is 0 Å². The second-order valence-electron chi connectivity index (χ2n) is 8.42. The van der Waals surface area contributed by atoms with E-state index in [9.17, 15) is 4.79 Å². The number of carbonyl (C=O) groups excluding carboxylic acids is 1. The number of morpholine rings is 1. The lowest BCUT2D eigenvalue weighted by atomic mass is 10.1. The maximum absolute atomic E-state index is 12.4. The second kappa shape index (κ2) is 8.69. The molecule has 7 nitrogen and oxygen atoms in total. The van der Waals surface area contributed by atoms with E-state index in [1.54, 1.807) is 0 Å². The molecule has 5 rings (SSSR count). The van der Waals surface area contributed by atoms with Crippen LogP contribution < -0.4 is 10.2 Å². The molecule has 2 fully saturated rings. The second-order valence-corrected chi connectivity index (χ2v) is 8.42. The first-order valence-corrected chi connectivity index (χ1v) is 11.0. The van der Waals surface area contributed by atoms with Crippen molar-refractivity contribution in [2.75, 3.05) is 50.8 Å². The van der Waals surface area contributed by atoms with E-state index in [0.717, 1.165) is 55.0 Å². The van der Waals surface area contributed by atoms with Gasteiger partial charge in [-0.25, -0.2) is 4.98 Å². The van der Waals surface area contributed by atoms with Crippen molar-refractivity contribution in [3.63, 3.8) is 0 Å². The molecule has 1 unspecified atom stereocenters. The molecule has 0 aliphatic carbocycles. The Morgan fingerprint density at radius 2 is 1.97 bits per heavy atom. The molecular weight excluding hydrogens is 390 g/mol. The Morgan fingerprint density at radius 1 is 1.13 bits per heavy atom. The van der Waals surface area contributed by atoms with Gasteiger partial charge in [-0.05, 0) is 30.7 Å². The molecule has 0 radical (unpaired) electrons. The van der Waals surface area contributed by atoms with Gasteiger partial charge in [-0.2, -0.15) is 0 Å². The van der Waals surface area contributed by atoms with Crippen LogP contribution in [0.5, 0.6) is 0 Å². The maximum atomic E-state index is 12.4. The summed E-state index contributed by atoms with van der Waals surface area (Å²) in [6, 6.07) is 17.0. The minimum absolute atomic E-state index is 0.113. The summed E-state index contributed by atoms with van der Waals surface area (Å²) in [5.74, 6) is 1.08. The fraction of sp³-hybridized carbons (Fsp3) is 0.417. The van der Waals surface area contributed by atoms with Crippen LogP contribution in [-0.4, -0.2) is 72.3 Å². The maximum Gasteiger partial charge on any atom is 0.234 e. The Hall–Kier alpha value is -2.90. The van der Waals surface area contributed by atoms with Crippen LogP contribution in [-0.2, 0) is 16.6 Å². The molecule has 162 valence electrons. The lowest BCUT2D eigenvalue weighted by Crippen LogP contribution is -2.46. The summed E-state index contributed by atoms with van der Waals surface area (Å²) < 4.78 is 7.50. The van der Waals surface area contributed by atoms with Crippen LogP contribution in [0.3, 0.4) is 0 Å². The first-order valence-electron chi connectivity index (χ1n) is 11.0. The van der Waals surface area contributed by atoms with Gasteiger partial charge < -0.3 is 19.5 Å². The Bertz CT molecular complexity index is 1070. The van der Waals surface area contributed by atoms with E-state index in [-0.39, 0.29) is 11.9 Å². The zero-order valence-electron chi connectivity index (χ0n) is 18.0. The summed E-state index contributed by atoms with van der Waals surface area (Å²) in [7, 11) is 2.06. The Morgan fingerprint density at radius 3 is 2.81 bits per heavy atom. The molecule has 0 saturated carbocycles. The van der Waals surface area contributed by atoms with E-state index in [1.165, 1.54) is 5.69 Å². The molecule has 0 spiro atoms. The third kappa shape index (κ3) is 4.29. The van der Waals surface area contributed by atoms with E-state index in [1.807, 2.05) is 18.2 Å². The molecule has 7 heteroatoms. The van der Waals surface area contributed by atoms with Crippen molar-refractivity contribution >= 4 is 22.6 Å². The van der Waals surface area contributed by atoms with E-state index in [4.69, 9.17) is 9.72 Å². The van der Waals surface area contributed by atoms with Gasteiger partial charge >= 0.3 is 0 Å². The van der Waals surface area contributed by atoms with E-state index in [2.05, 4.69) is 57.1 Å². The van der Waals surface area contributed by atoms with Gasteiger partial charge in [0.05, 0.1) is 30.8 Å². The zero-order chi connectivity index (χ0) is 21.2. The van der Waals surface area contributed by atoms with Gasteiger partial charge in [0.15, 0.2) is 0 Å². The van der Waals surface area contributed by atoms with Crippen LogP contribution in [0.15, 0.2) is 48.5 Å². The summed E-state index contributed by atoms with van der Waals surface area (Å²) in [6.07, 6.45) is 0.964. The van der Waals surface area contributed by atoms with Crippen LogP contribution in [0.1, 0.15) is 6.42 Å². The predicted octanol–water partition coefficient (Wildman–Crippen LogP) is 2.27. The van der Waals surface area contributed by atoms with Gasteiger partial charge in [0.25, 0.3) is 0 Å². The zero-order valence-corrected chi connectivity index (χ0v) is 18.0. The summed E-state index contributed by atoms with van der Waals surface area (Å²) in [4.78, 5) is 21.8. The van der Waals surface area contributed by atoms with Crippen molar-refractivity contribution in [1.82, 2.24) is 19.8 Å². The average molecular weight is 420 g/mol. The summed E-state index contributed by atoms with van der Waals surface area (Å²) in [6.45, 7) is 5.33. The smallest absolute Gasteiger partial charge is 0.234 e. The largest absolute Gasteiger partial charge is 0.379 e. The number of hydrogen-bond acceptors (Lipinski definition) is 5. The number of aromatic nitrogens is 2. The summed E-state index contributed by atoms with van der Waals surface area (Å²) >= 11 is 0. The number of benzene rings is 2. The highest BCUT2D eigenvalue weighted by Gasteiger charge is 2.25. The number of rotatable bonds is 5. The molecule has 2 aliphatic heterocycles. The third-order valence-corrected chi connectivity index (χ3v) is 6.28. The fourth-order valence-electron chi connectivity index (χ4n) is 4.59. The van der Waals surface area contributed by atoms with Crippen LogP contribution in [0.25, 0.3) is 22.4 Å². The molecule has 1 atom stereocenters. The van der Waals surface area contributed by atoms with Gasteiger partial charge in [-0.3, -0.25) is 9.69 Å². The predicted molar refractivity (Wildman–Crippen MR) is 122 cm³/mol. The van der Waals surface area contributed by atoms with Crippen molar-refractivity contribution < 1.29 is 9.53 Å². The normalized spacial score (nSPS) is 19.8. The van der Waals surface area contributed by atoms with Crippen LogP contribution >= 0.6 is 0 Å². The average Bonchev–Trinajstić information content (AvgIpc) is 3.39. The molecule has 0 bridgehead atoms. The molecule has 2 aromatic carbocycles. The number of ether oxygens (including phenoxy) is 1. The molecule has 1 aromatic heterocycles. The highest BCUT2D eigenvalue weighted by Crippen LogP contribution is 2.28. The number of nitrogens with one attached hydrogen (secondary N) is 1. The first-order chi connectivity index (χ1) is 15.2. The molecule has 3 heterocycles. The lowest BCUT2D eigenvalue weighted by Gasteiger charge is -2.26. The van der Waals surface area contributed by atoms with Gasteiger partial charge in [-0.15, -0.1) is 0 Å². The highest BCUT2D eigenvalue weighted by atomic mass is 16.5. The lowest BCUT2D eigenvalue weighted by molar-refractivity contribution is -0.123. The monoisotopic (exact) mass is 419 g/mol. The van der Waals surface area contributed by atoms with E-state index < -0.39 is 0 Å². The molecule has 2 saturated heterocycles. The number of imidazole rings is 1. The molecular formula is C24H29N5O2. The van der Waals surface area contributed by atoms with Gasteiger partial charge in [0.1, 0.15) is 5.82 Å². The molecule has 31 heavy (non-hydrogen) atoms. The third-order valence-electron chi connectivity index (χ3n) is 6.28. The summed E-state index contributed by atoms with van der Waals surface area (Å²) in [5.41, 5.74) is 4.42. The number of anilines is 1. The quantitative estimate of drug-likeness (QED) is 0.688. The van der Waals surface area contributed by atoms with E-state index >= 15 is 0 Å². The van der Waals surface area contributed by atoms with Gasteiger partial charge in [0, 0.05) is 50.5 Å². The number of nitrogens with zero attached hydrogens (tertiary/aromatic N) is 4. The SMILES string of the molecule is Cn1c(-c2cccc(N3CCC(NC(=O)CN4CCOCC4)C3)c2)nc2ccccc21. The van der Waals surface area contributed by atoms with Gasteiger partial charge in [-0.1, -0.05) is 24.3 Å². The van der Waals surface area contributed by atoms with Crippen LogP contribution in [0.4, 0.5) is 5.69 Å². The Labute approximate surface area is 182 Å². The number of aryl methyl sites for hydroxylation is 1. The number of amides is 1. The van der Waals surface area contributed by atoms with Crippen molar-refractivity contribution in [2.45, 2.75) is 12.5 Å². The van der Waals surface area contributed by atoms with Crippen LogP contribution in [0, 0.1) is 0 Å². The Kier molecular flexibility index (Phi) is 5.61. The van der Waals surface area contributed by atoms with Crippen molar-refractivity contribution in [3.05, 3.63) is 48.5 Å². The minimum atomic E-state index is 0.113. The van der Waals surface area contributed by atoms with Crippen molar-refractivity contribution in [2.24, 2.45) is 7.05 Å². The standard InChI is InChI=1S/C24H29N5O2/c1-27-22-8-3-2-7-21(22)26-24(27)18-5-4-6-20(15-18)29-10-9-19(16-29)25-23(30)17-28-11-13-31-14-12-28/h2-8,15,19H,9-14,16-17H2,1H3,(H,25,30). The van der Waals surface area contributed by atoms with E-state index in [0.29, 0.717) is 19.8 Å². The highest BCUT2D eigenvalue weighted by molar-refractivity contribution is 5.81. The minimum Gasteiger partial charge on any atom is -0.379 e. The number of para-hydroxylation sites is 2. The molecule has 2 aliphatic rings. The first kappa shape index (κ1) is 20.0. The Balaban J connectivity index is 1.25. The molecule has 1 amide bonds. The number of carbonyl (C=O) groups is 1. The van der Waals surface area contributed by atoms with Gasteiger partial charge in [0.2, 0.25) is 5.91 Å². The van der Waals surface area contributed by atoms with Crippen molar-refractivity contribution in [3.8, 4) is 11.4 Å². The topological polar surface area (TPSA) is 62.6 Å². The summed E-state index contributed by atoms with van der Waals surface area (Å²) in [5, 5.41) is 3.22.